The van der Waals surface area contributed by atoms with Gasteiger partial charge in [-0.2, -0.15) is 0 Å². The van der Waals surface area contributed by atoms with Crippen LogP contribution in [0.4, 0.5) is 17.1 Å². The Morgan fingerprint density at radius 1 is 0.357 bits per heavy atom. The topological polar surface area (TPSA) is 34.0 Å². The van der Waals surface area contributed by atoms with Crippen molar-refractivity contribution in [2.45, 2.75) is 13.8 Å². The molecule has 9 rings (SSSR count). The standard InChI is InChI=1S/C52H40N4/c1-37-21-25-41(26-22-37)51-53-52(42-27-23-38(2)24-28-42)56(54-51)46-35-31-40(32-36-46)48-18-10-12-20-50(48)49-19-11-9-17-47(49)39-29-33-45(34-30-39)55(43-13-5-3-6-14-43)44-15-7-4-8-16-44/h3-36H,1-2H3. The summed E-state index contributed by atoms with van der Waals surface area (Å²) in [6.07, 6.45) is 0. The normalized spacial score (nSPS) is 11.0. The molecule has 8 aromatic carbocycles. The van der Waals surface area contributed by atoms with Crippen molar-refractivity contribution in [3.8, 4) is 61.8 Å². The first-order valence-corrected chi connectivity index (χ1v) is 19.0. The lowest BCUT2D eigenvalue weighted by Crippen LogP contribution is -2.09. The van der Waals surface area contributed by atoms with Gasteiger partial charge in [-0.15, -0.1) is 5.10 Å². The van der Waals surface area contributed by atoms with Gasteiger partial charge in [0.05, 0.1) is 5.69 Å². The molecule has 0 N–H and O–H groups in total. The molecule has 1 aromatic heterocycles. The maximum atomic E-state index is 5.05. The van der Waals surface area contributed by atoms with Gasteiger partial charge in [0, 0.05) is 28.2 Å². The van der Waals surface area contributed by atoms with E-state index in [-0.39, 0.29) is 0 Å². The Hall–Kier alpha value is -7.30. The molecule has 0 amide bonds. The van der Waals surface area contributed by atoms with Gasteiger partial charge >= 0.3 is 0 Å². The summed E-state index contributed by atoms with van der Waals surface area (Å²) in [5.41, 5.74) is 15.7. The van der Waals surface area contributed by atoms with E-state index in [0.717, 1.165) is 50.8 Å². The molecule has 0 aliphatic carbocycles. The number of benzene rings is 8. The van der Waals surface area contributed by atoms with Gasteiger partial charge in [-0.05, 0) is 95.8 Å². The van der Waals surface area contributed by atoms with Crippen molar-refractivity contribution in [3.63, 3.8) is 0 Å². The predicted octanol–water partition coefficient (Wildman–Crippen LogP) is 13.7. The fraction of sp³-hybridized carbons (Fsp3) is 0.0385. The van der Waals surface area contributed by atoms with Crippen LogP contribution in [0.5, 0.6) is 0 Å². The molecule has 1 heterocycles. The number of aromatic nitrogens is 3. The van der Waals surface area contributed by atoms with E-state index < -0.39 is 0 Å². The van der Waals surface area contributed by atoms with Crippen molar-refractivity contribution in [3.05, 3.63) is 217 Å². The number of nitrogens with zero attached hydrogens (tertiary/aromatic N) is 4. The Labute approximate surface area is 328 Å². The number of aryl methyl sites for hydroxylation is 2. The Kier molecular flexibility index (Phi) is 9.36. The van der Waals surface area contributed by atoms with Crippen LogP contribution >= 0.6 is 0 Å². The van der Waals surface area contributed by atoms with Gasteiger partial charge in [0.25, 0.3) is 0 Å². The van der Waals surface area contributed by atoms with Gasteiger partial charge in [0.15, 0.2) is 11.6 Å². The summed E-state index contributed by atoms with van der Waals surface area (Å²) in [6, 6.07) is 72.9. The van der Waals surface area contributed by atoms with Gasteiger partial charge in [-0.3, -0.25) is 0 Å². The van der Waals surface area contributed by atoms with Crippen LogP contribution in [0.15, 0.2) is 206 Å². The summed E-state index contributed by atoms with van der Waals surface area (Å²) in [4.78, 5) is 7.35. The first kappa shape index (κ1) is 34.5. The smallest absolute Gasteiger partial charge is 0.182 e. The quantitative estimate of drug-likeness (QED) is 0.149. The monoisotopic (exact) mass is 720 g/mol. The Morgan fingerprint density at radius 3 is 1.25 bits per heavy atom. The molecule has 0 unspecified atom stereocenters. The first-order chi connectivity index (χ1) is 27.6. The van der Waals surface area contributed by atoms with Gasteiger partial charge < -0.3 is 4.90 Å². The molecular formula is C52H40N4. The molecule has 0 saturated heterocycles. The minimum Gasteiger partial charge on any atom is -0.311 e. The molecular weight excluding hydrogens is 681 g/mol. The highest BCUT2D eigenvalue weighted by atomic mass is 15.4. The van der Waals surface area contributed by atoms with Crippen molar-refractivity contribution in [2.24, 2.45) is 0 Å². The number of rotatable bonds is 9. The second kappa shape index (κ2) is 15.2. The predicted molar refractivity (Wildman–Crippen MR) is 233 cm³/mol. The number of hydrogen-bond acceptors (Lipinski definition) is 3. The highest BCUT2D eigenvalue weighted by molar-refractivity contribution is 5.92. The van der Waals surface area contributed by atoms with Crippen LogP contribution in [-0.2, 0) is 0 Å². The fourth-order valence-electron chi connectivity index (χ4n) is 7.32. The molecule has 0 radical (unpaired) electrons. The minimum atomic E-state index is 0.701. The lowest BCUT2D eigenvalue weighted by Gasteiger charge is -2.25. The summed E-state index contributed by atoms with van der Waals surface area (Å²) >= 11 is 0. The van der Waals surface area contributed by atoms with Crippen LogP contribution < -0.4 is 4.90 Å². The number of para-hydroxylation sites is 2. The second-order valence-corrected chi connectivity index (χ2v) is 14.1. The van der Waals surface area contributed by atoms with E-state index in [1.165, 1.54) is 33.4 Å². The van der Waals surface area contributed by atoms with Crippen LogP contribution in [0, 0.1) is 13.8 Å². The number of anilines is 3. The average Bonchev–Trinajstić information content (AvgIpc) is 3.71. The van der Waals surface area contributed by atoms with E-state index in [4.69, 9.17) is 10.1 Å². The number of hydrogen-bond donors (Lipinski definition) is 0. The SMILES string of the molecule is Cc1ccc(-c2nc(-c3ccc(C)cc3)n(-c3ccc(-c4ccccc4-c4ccccc4-c4ccc(N(c5ccccc5)c5ccccc5)cc4)cc3)n2)cc1. The van der Waals surface area contributed by atoms with Crippen molar-refractivity contribution >= 4 is 17.1 Å². The molecule has 9 aromatic rings. The van der Waals surface area contributed by atoms with Gasteiger partial charge in [-0.25, -0.2) is 9.67 Å². The van der Waals surface area contributed by atoms with Crippen molar-refractivity contribution in [1.82, 2.24) is 14.8 Å². The molecule has 0 bridgehead atoms. The molecule has 0 saturated carbocycles. The van der Waals surface area contributed by atoms with Gasteiger partial charge in [0.2, 0.25) is 0 Å². The van der Waals surface area contributed by atoms with Crippen molar-refractivity contribution in [2.75, 3.05) is 4.90 Å². The average molecular weight is 721 g/mol. The minimum absolute atomic E-state index is 0.701. The third kappa shape index (κ3) is 6.92. The largest absolute Gasteiger partial charge is 0.311 e. The van der Waals surface area contributed by atoms with Crippen LogP contribution in [0.3, 0.4) is 0 Å². The molecule has 0 aliphatic heterocycles. The zero-order valence-electron chi connectivity index (χ0n) is 31.4. The van der Waals surface area contributed by atoms with Crippen LogP contribution in [0.1, 0.15) is 11.1 Å². The van der Waals surface area contributed by atoms with Crippen molar-refractivity contribution < 1.29 is 0 Å². The summed E-state index contributed by atoms with van der Waals surface area (Å²) in [6.45, 7) is 4.19. The third-order valence-electron chi connectivity index (χ3n) is 10.3. The fourth-order valence-corrected chi connectivity index (χ4v) is 7.32. The van der Waals surface area contributed by atoms with Crippen LogP contribution in [0.2, 0.25) is 0 Å². The highest BCUT2D eigenvalue weighted by Crippen LogP contribution is 2.40. The molecule has 4 heteroatoms. The Bertz CT molecular complexity index is 2680. The second-order valence-electron chi connectivity index (χ2n) is 14.1. The van der Waals surface area contributed by atoms with E-state index in [0.29, 0.717) is 5.82 Å². The van der Waals surface area contributed by atoms with E-state index in [1.54, 1.807) is 0 Å². The lowest BCUT2D eigenvalue weighted by atomic mass is 9.89. The molecule has 268 valence electrons. The summed E-state index contributed by atoms with van der Waals surface area (Å²) < 4.78 is 1.96. The third-order valence-corrected chi connectivity index (χ3v) is 10.3. The maximum Gasteiger partial charge on any atom is 0.182 e. The molecule has 4 nitrogen and oxygen atoms in total. The van der Waals surface area contributed by atoms with Crippen molar-refractivity contribution in [1.29, 1.82) is 0 Å². The highest BCUT2D eigenvalue weighted by Gasteiger charge is 2.18. The summed E-state index contributed by atoms with van der Waals surface area (Å²) in [7, 11) is 0. The maximum absolute atomic E-state index is 5.05. The molecule has 56 heavy (non-hydrogen) atoms. The van der Waals surface area contributed by atoms with Gasteiger partial charge in [-0.1, -0.05) is 169 Å². The van der Waals surface area contributed by atoms with Crippen LogP contribution in [-0.4, -0.2) is 14.8 Å². The lowest BCUT2D eigenvalue weighted by molar-refractivity contribution is 0.890. The first-order valence-electron chi connectivity index (χ1n) is 19.0. The van der Waals surface area contributed by atoms with Gasteiger partial charge in [0.1, 0.15) is 0 Å². The van der Waals surface area contributed by atoms with E-state index in [9.17, 15) is 0 Å². The molecule has 0 spiro atoms. The molecule has 0 fully saturated rings. The molecule has 0 atom stereocenters. The Balaban J connectivity index is 1.06. The van der Waals surface area contributed by atoms with Crippen LogP contribution in [0.25, 0.3) is 61.8 Å². The summed E-state index contributed by atoms with van der Waals surface area (Å²) in [5.74, 6) is 1.51. The van der Waals surface area contributed by atoms with E-state index in [2.05, 4.69) is 225 Å². The molecule has 0 aliphatic rings. The Morgan fingerprint density at radius 2 is 0.750 bits per heavy atom. The zero-order chi connectivity index (χ0) is 37.8. The summed E-state index contributed by atoms with van der Waals surface area (Å²) in [5, 5.41) is 5.05. The van der Waals surface area contributed by atoms with E-state index in [1.807, 2.05) is 4.68 Å². The zero-order valence-corrected chi connectivity index (χ0v) is 31.4. The van der Waals surface area contributed by atoms with E-state index >= 15 is 0 Å².